The van der Waals surface area contributed by atoms with E-state index in [1.54, 1.807) is 76.4 Å². The zero-order chi connectivity index (χ0) is 59.7. The van der Waals surface area contributed by atoms with E-state index < -0.39 is 59.4 Å². The van der Waals surface area contributed by atoms with Crippen molar-refractivity contribution in [2.75, 3.05) is 65.7 Å². The number of benzene rings is 6. The summed E-state index contributed by atoms with van der Waals surface area (Å²) in [5, 5.41) is 43.0. The van der Waals surface area contributed by atoms with Crippen molar-refractivity contribution in [1.29, 1.82) is 0 Å². The summed E-state index contributed by atoms with van der Waals surface area (Å²) in [6.07, 6.45) is 5.26. The molecule has 0 bridgehead atoms. The summed E-state index contributed by atoms with van der Waals surface area (Å²) in [5.74, 6) is -5.27. The summed E-state index contributed by atoms with van der Waals surface area (Å²) in [7, 11) is 0. The van der Waals surface area contributed by atoms with Gasteiger partial charge < -0.3 is 55.1 Å². The molecule has 2 fully saturated rings. The summed E-state index contributed by atoms with van der Waals surface area (Å²) in [5.41, 5.74) is 10.3. The van der Waals surface area contributed by atoms with E-state index in [1.807, 2.05) is 0 Å². The van der Waals surface area contributed by atoms with Gasteiger partial charge in [0.2, 0.25) is 5.78 Å². The predicted molar refractivity (Wildman–Crippen MR) is 309 cm³/mol. The Hall–Kier alpha value is -8.74. The van der Waals surface area contributed by atoms with Gasteiger partial charge in [-0.3, -0.25) is 23.7 Å². The molecular weight excluding hydrogens is 1120 g/mol. The number of nitrogens with one attached hydrogen (secondary N) is 1. The number of ether oxygens (including phenoxy) is 4. The van der Waals surface area contributed by atoms with Gasteiger partial charge in [0.25, 0.3) is 11.7 Å². The molecule has 6 N–H and O–H groups in total. The number of ketones is 2. The van der Waals surface area contributed by atoms with Crippen molar-refractivity contribution in [2.45, 2.75) is 70.5 Å². The zero-order valence-electron chi connectivity index (χ0n) is 46.1. The number of hydrogen-bond acceptors (Lipinski definition) is 15. The van der Waals surface area contributed by atoms with Crippen LogP contribution in [0.5, 0.6) is 23.0 Å². The molecular formula is C63H66F4N8O11. The monoisotopic (exact) mass is 1190 g/mol. The number of carboxylic acids is 1. The first-order chi connectivity index (χ1) is 41.0. The number of carbonyl (C=O) groups is 4. The first-order valence-electron chi connectivity index (χ1n) is 27.8. The standard InChI is InChI=1S/C31H30F2N4O5.C16H11FN2O3.C15H21FN2O3.CH4/c32-23-6-3-19(4-7-23)17-37-26-8-5-20(13-22(26)16-34-37)29(39)31(40)35-25(18-36-9-1-2-10-36)28(38)21-14-24(33)30-27(15-21)41-11-12-42-30;17-13-4-1-10(2-5-13)9-19-14-6-3-11(15(20)16(21)22)7-12(14)8-18-19;16-11-7-10(8-13-15(11)21-6-5-20-13)14(19)12(17)9-18-3-1-2-4-18;/h3-8,13-16,25,28,38H,1-2,9-12,17-18H2,(H,35,40);1-8H,9H2,(H,21,22);7-8,12,14,19H,1-6,9,17H2;1H4/t25-,28-;;12-,14-;/m1.1./s1. The third kappa shape index (κ3) is 14.8. The van der Waals surface area contributed by atoms with Crippen LogP contribution in [0, 0.1) is 23.3 Å². The summed E-state index contributed by atoms with van der Waals surface area (Å²) in [6, 6.07) is 25.9. The number of carboxylic acid groups (broad SMARTS) is 1. The van der Waals surface area contributed by atoms with Crippen molar-refractivity contribution in [3.05, 3.63) is 178 Å². The zero-order valence-corrected chi connectivity index (χ0v) is 46.1. The minimum Gasteiger partial charge on any atom is -0.486 e. The van der Waals surface area contributed by atoms with E-state index in [0.29, 0.717) is 54.9 Å². The fourth-order valence-electron chi connectivity index (χ4n) is 10.6. The van der Waals surface area contributed by atoms with Gasteiger partial charge in [0.1, 0.15) is 44.2 Å². The Morgan fingerprint density at radius 3 is 1.45 bits per heavy atom. The molecule has 452 valence electrons. The molecule has 86 heavy (non-hydrogen) atoms. The lowest BCUT2D eigenvalue weighted by atomic mass is 9.99. The Labute approximate surface area is 492 Å². The number of halogens is 4. The van der Waals surface area contributed by atoms with Gasteiger partial charge in [-0.1, -0.05) is 31.7 Å². The first-order valence-corrected chi connectivity index (χ1v) is 27.8. The minimum atomic E-state index is -1.49. The molecule has 8 aromatic rings. The Morgan fingerprint density at radius 1 is 0.558 bits per heavy atom. The van der Waals surface area contributed by atoms with Crippen LogP contribution in [0.25, 0.3) is 21.8 Å². The van der Waals surface area contributed by atoms with Gasteiger partial charge in [-0.15, -0.1) is 0 Å². The van der Waals surface area contributed by atoms with Gasteiger partial charge in [-0.25, -0.2) is 22.4 Å². The normalized spacial score (nSPS) is 15.9. The molecule has 4 aliphatic rings. The summed E-state index contributed by atoms with van der Waals surface area (Å²) in [6.45, 7) is 6.55. The number of rotatable bonds is 17. The van der Waals surface area contributed by atoms with Crippen LogP contribution in [0.15, 0.2) is 122 Å². The number of carbonyl (C=O) groups excluding carboxylic acids is 3. The van der Waals surface area contributed by atoms with Crippen LogP contribution >= 0.6 is 0 Å². The van der Waals surface area contributed by atoms with E-state index >= 15 is 0 Å². The van der Waals surface area contributed by atoms with Crippen LogP contribution in [-0.2, 0) is 22.7 Å². The summed E-state index contributed by atoms with van der Waals surface area (Å²) >= 11 is 0. The third-order valence-corrected chi connectivity index (χ3v) is 15.0. The molecule has 0 aliphatic carbocycles. The SMILES string of the molecule is C.N[C@H](CN1CCCC1)[C@H](O)c1cc(F)c2c(c1)OCCO2.O=C(N[C@H](CN1CCCC1)[C@H](O)c1cc(F)c2c(c1)OCCO2)C(=O)c1ccc2c(cnn2Cc2ccc(F)cc2)c1.O=C(O)C(=O)c1ccc2c(cnn2Cc2ccc(F)cc2)c1. The summed E-state index contributed by atoms with van der Waals surface area (Å²) in [4.78, 5) is 52.9. The van der Waals surface area contributed by atoms with Crippen molar-refractivity contribution in [3.8, 4) is 23.0 Å². The maximum absolute atomic E-state index is 14.8. The maximum Gasteiger partial charge on any atom is 0.377 e. The fourth-order valence-corrected chi connectivity index (χ4v) is 10.6. The highest BCUT2D eigenvalue weighted by molar-refractivity contribution is 6.43. The maximum atomic E-state index is 14.8. The number of hydrogen-bond donors (Lipinski definition) is 5. The third-order valence-electron chi connectivity index (χ3n) is 15.0. The van der Waals surface area contributed by atoms with Crippen LogP contribution in [0.1, 0.15) is 88.3 Å². The first kappa shape index (κ1) is 61.8. The number of aliphatic hydroxyl groups is 2. The second-order valence-electron chi connectivity index (χ2n) is 21.1. The topological polar surface area (TPSA) is 246 Å². The van der Waals surface area contributed by atoms with Crippen LogP contribution in [0.4, 0.5) is 17.6 Å². The van der Waals surface area contributed by atoms with Crippen LogP contribution in [0.2, 0.25) is 0 Å². The molecule has 6 heterocycles. The Kier molecular flexibility index (Phi) is 20.1. The average Bonchev–Trinajstić information content (AvgIpc) is 2.66. The van der Waals surface area contributed by atoms with Crippen molar-refractivity contribution < 1.29 is 71.0 Å². The predicted octanol–water partition coefficient (Wildman–Crippen LogP) is 7.81. The lowest BCUT2D eigenvalue weighted by Crippen LogP contribution is -2.48. The van der Waals surface area contributed by atoms with E-state index in [0.717, 1.165) is 61.2 Å². The number of Topliss-reactive ketones (excluding diaryl/α,β-unsaturated/α-hetero) is 2. The Balaban J connectivity index is 0.000000169. The number of aliphatic carboxylic acids is 1. The number of aromatic nitrogens is 4. The van der Waals surface area contributed by atoms with Gasteiger partial charge in [0.15, 0.2) is 34.6 Å². The number of fused-ring (bicyclic) bond motifs is 4. The molecule has 6 aromatic carbocycles. The lowest BCUT2D eigenvalue weighted by molar-refractivity contribution is -0.131. The highest BCUT2D eigenvalue weighted by Gasteiger charge is 2.32. The molecule has 23 heteroatoms. The minimum absolute atomic E-state index is 0. The molecule has 1 amide bonds. The highest BCUT2D eigenvalue weighted by Crippen LogP contribution is 2.38. The van der Waals surface area contributed by atoms with E-state index in [1.165, 1.54) is 67.4 Å². The van der Waals surface area contributed by atoms with Crippen molar-refractivity contribution in [3.63, 3.8) is 0 Å². The van der Waals surface area contributed by atoms with E-state index in [-0.39, 0.29) is 72.8 Å². The van der Waals surface area contributed by atoms with Crippen LogP contribution in [-0.4, -0.2) is 146 Å². The van der Waals surface area contributed by atoms with Crippen molar-refractivity contribution >= 4 is 45.2 Å². The highest BCUT2D eigenvalue weighted by atomic mass is 19.1. The molecule has 12 rings (SSSR count). The molecule has 0 spiro atoms. The van der Waals surface area contributed by atoms with Crippen molar-refractivity contribution in [2.24, 2.45) is 5.73 Å². The Morgan fingerprint density at radius 2 is 0.988 bits per heavy atom. The van der Waals surface area contributed by atoms with Crippen LogP contribution in [0.3, 0.4) is 0 Å². The number of aliphatic hydroxyl groups excluding tert-OH is 2. The largest absolute Gasteiger partial charge is 0.486 e. The Bertz CT molecular complexity index is 3700. The van der Waals surface area contributed by atoms with E-state index in [9.17, 15) is 47.0 Å². The van der Waals surface area contributed by atoms with Gasteiger partial charge in [-0.05, 0) is 159 Å². The summed E-state index contributed by atoms with van der Waals surface area (Å²) < 4.78 is 79.8. The molecule has 19 nitrogen and oxygen atoms in total. The van der Waals surface area contributed by atoms with Crippen LogP contribution < -0.4 is 30.0 Å². The number of nitrogens with two attached hydrogens (primary N) is 1. The number of nitrogens with zero attached hydrogens (tertiary/aromatic N) is 6. The molecule has 0 unspecified atom stereocenters. The fraction of sp³-hybridized carbons (Fsp3) is 0.333. The second kappa shape index (κ2) is 28.0. The quantitative estimate of drug-likeness (QED) is 0.0331. The van der Waals surface area contributed by atoms with Gasteiger partial charge in [0, 0.05) is 41.0 Å². The van der Waals surface area contributed by atoms with Gasteiger partial charge in [-0.2, -0.15) is 10.2 Å². The van der Waals surface area contributed by atoms with Gasteiger partial charge >= 0.3 is 5.97 Å². The molecule has 4 atom stereocenters. The number of amides is 1. The van der Waals surface area contributed by atoms with E-state index in [4.69, 9.17) is 29.8 Å². The van der Waals surface area contributed by atoms with E-state index in [2.05, 4.69) is 25.3 Å². The molecule has 2 aromatic heterocycles. The lowest BCUT2D eigenvalue weighted by Gasteiger charge is -2.29. The van der Waals surface area contributed by atoms with Gasteiger partial charge in [0.05, 0.1) is 48.7 Å². The average molecular weight is 1190 g/mol. The molecule has 0 radical (unpaired) electrons. The smallest absolute Gasteiger partial charge is 0.377 e. The van der Waals surface area contributed by atoms with Crippen molar-refractivity contribution in [1.82, 2.24) is 34.7 Å². The number of likely N-dealkylation sites (tertiary alicyclic amines) is 2. The molecule has 4 aliphatic heterocycles. The molecule has 0 saturated carbocycles. The molecule has 2 saturated heterocycles. The second-order valence-corrected chi connectivity index (χ2v) is 21.1.